The maximum absolute atomic E-state index is 11.9. The third kappa shape index (κ3) is 5.83. The molecule has 1 aromatic carbocycles. The summed E-state index contributed by atoms with van der Waals surface area (Å²) in [4.78, 5) is 13.9. The van der Waals surface area contributed by atoms with Crippen molar-refractivity contribution in [1.82, 2.24) is 10.2 Å². The zero-order chi connectivity index (χ0) is 15.8. The maximum atomic E-state index is 11.9. The fourth-order valence-electron chi connectivity index (χ4n) is 2.49. The highest BCUT2D eigenvalue weighted by Gasteiger charge is 2.22. The summed E-state index contributed by atoms with van der Waals surface area (Å²) >= 11 is 0. The van der Waals surface area contributed by atoms with Crippen LogP contribution in [0.3, 0.4) is 0 Å². The Morgan fingerprint density at radius 1 is 1.48 bits per heavy atom. The lowest BCUT2D eigenvalue weighted by atomic mass is 9.98. The van der Waals surface area contributed by atoms with Gasteiger partial charge in [-0.15, -0.1) is 0 Å². The van der Waals surface area contributed by atoms with Crippen molar-refractivity contribution in [2.24, 2.45) is 5.73 Å². The number of rotatable bonds is 8. The van der Waals surface area contributed by atoms with Crippen LogP contribution in [-0.4, -0.2) is 50.7 Å². The lowest BCUT2D eigenvalue weighted by molar-refractivity contribution is -0.122. The number of hydrogen-bond donors (Lipinski definition) is 2. The Kier molecular flexibility index (Phi) is 7.36. The molecule has 0 spiro atoms. The monoisotopic (exact) mass is 293 g/mol. The number of ether oxygens (including phenoxy) is 1. The van der Waals surface area contributed by atoms with Crippen molar-refractivity contribution in [1.29, 1.82) is 0 Å². The normalized spacial score (nSPS) is 14.0. The second-order valence-corrected chi connectivity index (χ2v) is 5.48. The van der Waals surface area contributed by atoms with Gasteiger partial charge in [-0.05, 0) is 26.5 Å². The van der Waals surface area contributed by atoms with Gasteiger partial charge in [0.2, 0.25) is 5.91 Å². The van der Waals surface area contributed by atoms with Crippen molar-refractivity contribution in [3.05, 3.63) is 35.4 Å². The number of carbonyl (C=O) groups excluding carboxylic acids is 1. The standard InChI is InChI=1S/C16H27N3O2/c1-12-6-5-7-14(10-12)16(13(2)17)19(3)11-15(20)18-8-9-21-4/h5-7,10,13,16H,8-9,11,17H2,1-4H3,(H,18,20). The minimum absolute atomic E-state index is 0.0121. The lowest BCUT2D eigenvalue weighted by Gasteiger charge is -2.31. The summed E-state index contributed by atoms with van der Waals surface area (Å²) in [5.41, 5.74) is 8.45. The van der Waals surface area contributed by atoms with Crippen molar-refractivity contribution in [2.75, 3.05) is 33.9 Å². The summed E-state index contributed by atoms with van der Waals surface area (Å²) in [5, 5.41) is 2.82. The summed E-state index contributed by atoms with van der Waals surface area (Å²) in [6.07, 6.45) is 0. The second kappa shape index (κ2) is 8.77. The Bertz CT molecular complexity index is 449. The van der Waals surface area contributed by atoms with E-state index in [4.69, 9.17) is 10.5 Å². The molecule has 0 heterocycles. The van der Waals surface area contributed by atoms with E-state index in [0.29, 0.717) is 19.7 Å². The number of benzene rings is 1. The first-order chi connectivity index (χ1) is 9.95. The Morgan fingerprint density at radius 2 is 2.19 bits per heavy atom. The van der Waals surface area contributed by atoms with E-state index in [1.54, 1.807) is 7.11 Å². The van der Waals surface area contributed by atoms with Gasteiger partial charge in [-0.2, -0.15) is 0 Å². The summed E-state index contributed by atoms with van der Waals surface area (Å²) in [5.74, 6) is -0.0205. The number of hydrogen-bond acceptors (Lipinski definition) is 4. The number of amides is 1. The van der Waals surface area contributed by atoms with Crippen LogP contribution in [0, 0.1) is 6.92 Å². The van der Waals surface area contributed by atoms with E-state index >= 15 is 0 Å². The highest BCUT2D eigenvalue weighted by atomic mass is 16.5. The lowest BCUT2D eigenvalue weighted by Crippen LogP contribution is -2.43. The van der Waals surface area contributed by atoms with Gasteiger partial charge < -0.3 is 15.8 Å². The van der Waals surface area contributed by atoms with Crippen molar-refractivity contribution in [3.63, 3.8) is 0 Å². The predicted octanol–water partition coefficient (Wildman–Crippen LogP) is 1.08. The quantitative estimate of drug-likeness (QED) is 0.704. The van der Waals surface area contributed by atoms with Gasteiger partial charge >= 0.3 is 0 Å². The smallest absolute Gasteiger partial charge is 0.234 e. The van der Waals surface area contributed by atoms with Crippen LogP contribution < -0.4 is 11.1 Å². The van der Waals surface area contributed by atoms with Crippen molar-refractivity contribution in [2.45, 2.75) is 25.9 Å². The molecule has 5 nitrogen and oxygen atoms in total. The molecule has 1 aromatic rings. The molecule has 0 aliphatic rings. The fraction of sp³-hybridized carbons (Fsp3) is 0.562. The van der Waals surface area contributed by atoms with Crippen LogP contribution in [0.15, 0.2) is 24.3 Å². The van der Waals surface area contributed by atoms with Crippen LogP contribution in [0.5, 0.6) is 0 Å². The topological polar surface area (TPSA) is 67.6 Å². The first-order valence-corrected chi connectivity index (χ1v) is 7.23. The summed E-state index contributed by atoms with van der Waals surface area (Å²) in [6, 6.07) is 8.20. The second-order valence-electron chi connectivity index (χ2n) is 5.48. The third-order valence-corrected chi connectivity index (χ3v) is 3.38. The molecule has 2 unspecified atom stereocenters. The van der Waals surface area contributed by atoms with Gasteiger partial charge in [-0.1, -0.05) is 29.8 Å². The number of methoxy groups -OCH3 is 1. The molecule has 0 saturated heterocycles. The van der Waals surface area contributed by atoms with Gasteiger partial charge in [-0.3, -0.25) is 9.69 Å². The number of nitrogens with one attached hydrogen (secondary N) is 1. The molecular weight excluding hydrogens is 266 g/mol. The Balaban J connectivity index is 2.70. The minimum atomic E-state index is -0.0661. The molecule has 1 amide bonds. The number of nitrogens with two attached hydrogens (primary N) is 1. The van der Waals surface area contributed by atoms with Crippen LogP contribution in [0.25, 0.3) is 0 Å². The summed E-state index contributed by atoms with van der Waals surface area (Å²) in [6.45, 7) is 5.37. The predicted molar refractivity (Wildman–Crippen MR) is 85.1 cm³/mol. The van der Waals surface area contributed by atoms with Gasteiger partial charge in [0, 0.05) is 25.7 Å². The van der Waals surface area contributed by atoms with Crippen LogP contribution in [0.4, 0.5) is 0 Å². The number of carbonyl (C=O) groups is 1. The highest BCUT2D eigenvalue weighted by Crippen LogP contribution is 2.22. The molecule has 5 heteroatoms. The van der Waals surface area contributed by atoms with Gasteiger partial charge in [0.05, 0.1) is 13.2 Å². The molecule has 1 rings (SSSR count). The number of nitrogens with zero attached hydrogens (tertiary/aromatic N) is 1. The maximum Gasteiger partial charge on any atom is 0.234 e. The largest absolute Gasteiger partial charge is 0.383 e. The van der Waals surface area contributed by atoms with Gasteiger partial charge in [0.1, 0.15) is 0 Å². The molecule has 0 aromatic heterocycles. The van der Waals surface area contributed by atoms with E-state index in [0.717, 1.165) is 5.56 Å². The molecule has 118 valence electrons. The van der Waals surface area contributed by atoms with Crippen molar-refractivity contribution < 1.29 is 9.53 Å². The third-order valence-electron chi connectivity index (χ3n) is 3.38. The number of aryl methyl sites for hydroxylation is 1. The van der Waals surface area contributed by atoms with Crippen LogP contribution in [-0.2, 0) is 9.53 Å². The fourth-order valence-corrected chi connectivity index (χ4v) is 2.49. The van der Waals surface area contributed by atoms with E-state index in [2.05, 4.69) is 30.4 Å². The Morgan fingerprint density at radius 3 is 2.76 bits per heavy atom. The van der Waals surface area contributed by atoms with E-state index in [1.165, 1.54) is 5.56 Å². The molecule has 21 heavy (non-hydrogen) atoms. The van der Waals surface area contributed by atoms with Gasteiger partial charge in [-0.25, -0.2) is 0 Å². The van der Waals surface area contributed by atoms with E-state index < -0.39 is 0 Å². The zero-order valence-corrected chi connectivity index (χ0v) is 13.4. The van der Waals surface area contributed by atoms with Gasteiger partial charge in [0.25, 0.3) is 0 Å². The molecule has 0 bridgehead atoms. The van der Waals surface area contributed by atoms with Crippen molar-refractivity contribution >= 4 is 5.91 Å². The summed E-state index contributed by atoms with van der Waals surface area (Å²) in [7, 11) is 3.54. The van der Waals surface area contributed by atoms with Gasteiger partial charge in [0.15, 0.2) is 0 Å². The van der Waals surface area contributed by atoms with Crippen LogP contribution >= 0.6 is 0 Å². The van der Waals surface area contributed by atoms with E-state index in [-0.39, 0.29) is 18.0 Å². The van der Waals surface area contributed by atoms with E-state index in [9.17, 15) is 4.79 Å². The molecule has 0 aliphatic carbocycles. The SMILES string of the molecule is COCCNC(=O)CN(C)C(c1cccc(C)c1)C(C)N. The molecule has 0 fully saturated rings. The average molecular weight is 293 g/mol. The van der Waals surface area contributed by atoms with Crippen LogP contribution in [0.1, 0.15) is 24.1 Å². The molecule has 0 radical (unpaired) electrons. The molecule has 3 N–H and O–H groups in total. The molecule has 0 aliphatic heterocycles. The first-order valence-electron chi connectivity index (χ1n) is 7.23. The zero-order valence-electron chi connectivity index (χ0n) is 13.4. The highest BCUT2D eigenvalue weighted by molar-refractivity contribution is 5.78. The van der Waals surface area contributed by atoms with Crippen molar-refractivity contribution in [3.8, 4) is 0 Å². The van der Waals surface area contributed by atoms with Crippen LogP contribution in [0.2, 0.25) is 0 Å². The number of likely N-dealkylation sites (N-methyl/N-ethyl adjacent to an activating group) is 1. The first kappa shape index (κ1) is 17.6. The van der Waals surface area contributed by atoms with E-state index in [1.807, 2.05) is 24.9 Å². The average Bonchev–Trinajstić information content (AvgIpc) is 2.38. The molecule has 0 saturated carbocycles. The Labute approximate surface area is 127 Å². The Hall–Kier alpha value is -1.43. The molecule has 2 atom stereocenters. The minimum Gasteiger partial charge on any atom is -0.383 e. The molecular formula is C16H27N3O2. The summed E-state index contributed by atoms with van der Waals surface area (Å²) < 4.78 is 4.92.